The van der Waals surface area contributed by atoms with Gasteiger partial charge in [0.1, 0.15) is 0 Å². The minimum atomic E-state index is -5.70. The first-order valence-corrected chi connectivity index (χ1v) is 5.12. The number of aliphatic hydroxyl groups excluding tert-OH is 1. The van der Waals surface area contributed by atoms with E-state index < -0.39 is 36.8 Å². The highest BCUT2D eigenvalue weighted by Gasteiger charge is 2.61. The van der Waals surface area contributed by atoms with Crippen molar-refractivity contribution in [2.24, 2.45) is 11.8 Å². The molecule has 1 amide bonds. The Bertz CT molecular complexity index is 295. The number of halogens is 6. The quantitative estimate of drug-likeness (QED) is 0.768. The standard InChI is InChI=1S/C9H11F6NO2/c10-8(11,12)6(9(13,14)15)7(18)16-3-5(17)4-1-2-4/h4-6,17H,1-3H2,(H,16,18). The Hall–Kier alpha value is -0.990. The Kier molecular flexibility index (Phi) is 4.14. The lowest BCUT2D eigenvalue weighted by Crippen LogP contribution is -2.49. The minimum Gasteiger partial charge on any atom is -0.391 e. The number of hydrogen-bond donors (Lipinski definition) is 2. The van der Waals surface area contributed by atoms with Crippen molar-refractivity contribution in [3.63, 3.8) is 0 Å². The highest BCUT2D eigenvalue weighted by Crippen LogP contribution is 2.39. The van der Waals surface area contributed by atoms with Gasteiger partial charge in [0.05, 0.1) is 6.10 Å². The summed E-state index contributed by atoms with van der Waals surface area (Å²) >= 11 is 0. The van der Waals surface area contributed by atoms with Crippen molar-refractivity contribution in [3.05, 3.63) is 0 Å². The molecule has 0 aromatic carbocycles. The number of hydrogen-bond acceptors (Lipinski definition) is 2. The van der Waals surface area contributed by atoms with Gasteiger partial charge >= 0.3 is 12.4 Å². The molecule has 0 saturated heterocycles. The van der Waals surface area contributed by atoms with Crippen molar-refractivity contribution in [2.75, 3.05) is 6.54 Å². The van der Waals surface area contributed by atoms with E-state index in [1.165, 1.54) is 5.32 Å². The maximum absolute atomic E-state index is 12.1. The van der Waals surface area contributed by atoms with Gasteiger partial charge in [-0.3, -0.25) is 4.79 Å². The van der Waals surface area contributed by atoms with Gasteiger partial charge in [0.2, 0.25) is 11.8 Å². The average molecular weight is 279 g/mol. The molecule has 1 saturated carbocycles. The molecule has 18 heavy (non-hydrogen) atoms. The number of carbonyl (C=O) groups excluding carboxylic acids is 1. The van der Waals surface area contributed by atoms with Gasteiger partial charge in [-0.1, -0.05) is 0 Å². The normalized spacial score (nSPS) is 18.9. The van der Waals surface area contributed by atoms with E-state index in [9.17, 15) is 36.2 Å². The van der Waals surface area contributed by atoms with Crippen LogP contribution in [0.3, 0.4) is 0 Å². The second kappa shape index (κ2) is 4.94. The summed E-state index contributed by atoms with van der Waals surface area (Å²) in [5, 5.41) is 10.7. The molecule has 1 aliphatic carbocycles. The summed E-state index contributed by atoms with van der Waals surface area (Å²) in [6, 6.07) is 0. The zero-order valence-electron chi connectivity index (χ0n) is 8.98. The van der Waals surface area contributed by atoms with E-state index in [-0.39, 0.29) is 5.92 Å². The highest BCUT2D eigenvalue weighted by atomic mass is 19.4. The predicted octanol–water partition coefficient (Wildman–Crippen LogP) is 1.61. The highest BCUT2D eigenvalue weighted by molar-refractivity contribution is 5.80. The van der Waals surface area contributed by atoms with Crippen LogP contribution in [0.2, 0.25) is 0 Å². The third-order valence-corrected chi connectivity index (χ3v) is 2.57. The monoisotopic (exact) mass is 279 g/mol. The third kappa shape index (κ3) is 4.04. The molecule has 1 unspecified atom stereocenters. The molecule has 0 aromatic rings. The Balaban J connectivity index is 2.59. The van der Waals surface area contributed by atoms with Crippen molar-refractivity contribution in [1.82, 2.24) is 5.32 Å². The fraction of sp³-hybridized carbons (Fsp3) is 0.889. The summed E-state index contributed by atoms with van der Waals surface area (Å²) in [5.41, 5.74) is 0. The van der Waals surface area contributed by atoms with Gasteiger partial charge in [-0.2, -0.15) is 26.3 Å². The molecule has 2 N–H and O–H groups in total. The molecule has 9 heteroatoms. The summed E-state index contributed by atoms with van der Waals surface area (Å²) < 4.78 is 72.7. The number of nitrogens with one attached hydrogen (secondary N) is 1. The maximum Gasteiger partial charge on any atom is 0.409 e. The minimum absolute atomic E-state index is 0.152. The second-order valence-electron chi connectivity index (χ2n) is 4.17. The smallest absolute Gasteiger partial charge is 0.391 e. The predicted molar refractivity (Wildman–Crippen MR) is 47.3 cm³/mol. The molecule has 0 aliphatic heterocycles. The van der Waals surface area contributed by atoms with E-state index in [1.54, 1.807) is 0 Å². The first-order chi connectivity index (χ1) is 8.03. The van der Waals surface area contributed by atoms with Gasteiger partial charge < -0.3 is 10.4 Å². The summed E-state index contributed by atoms with van der Waals surface area (Å²) in [4.78, 5) is 10.9. The van der Waals surface area contributed by atoms with Gasteiger partial charge in [0, 0.05) is 6.54 Å². The van der Waals surface area contributed by atoms with Crippen LogP contribution < -0.4 is 5.32 Å². The van der Waals surface area contributed by atoms with Crippen molar-refractivity contribution in [1.29, 1.82) is 0 Å². The lowest BCUT2D eigenvalue weighted by molar-refractivity contribution is -0.274. The number of carbonyl (C=O) groups is 1. The first-order valence-electron chi connectivity index (χ1n) is 5.12. The van der Waals surface area contributed by atoms with Crippen LogP contribution in [0.25, 0.3) is 0 Å². The van der Waals surface area contributed by atoms with E-state index >= 15 is 0 Å². The first kappa shape index (κ1) is 15.1. The lowest BCUT2D eigenvalue weighted by Gasteiger charge is -2.22. The molecule has 0 radical (unpaired) electrons. The molecule has 0 heterocycles. The molecule has 1 fully saturated rings. The molecular weight excluding hydrogens is 268 g/mol. The Morgan fingerprint density at radius 2 is 1.61 bits per heavy atom. The van der Waals surface area contributed by atoms with E-state index in [4.69, 9.17) is 0 Å². The number of amides is 1. The number of alkyl halides is 6. The van der Waals surface area contributed by atoms with Gasteiger partial charge in [0.15, 0.2) is 0 Å². The van der Waals surface area contributed by atoms with Crippen LogP contribution in [0.15, 0.2) is 0 Å². The van der Waals surface area contributed by atoms with Crippen LogP contribution >= 0.6 is 0 Å². The molecule has 0 spiro atoms. The molecule has 3 nitrogen and oxygen atoms in total. The van der Waals surface area contributed by atoms with E-state index in [0.29, 0.717) is 12.8 Å². The van der Waals surface area contributed by atoms with Crippen LogP contribution in [0, 0.1) is 11.8 Å². The summed E-state index contributed by atoms with van der Waals surface area (Å²) in [6.07, 6.45) is -11.2. The fourth-order valence-electron chi connectivity index (χ4n) is 1.44. The molecule has 0 aromatic heterocycles. The van der Waals surface area contributed by atoms with Crippen LogP contribution in [0.1, 0.15) is 12.8 Å². The van der Waals surface area contributed by atoms with Crippen LogP contribution in [-0.4, -0.2) is 36.0 Å². The van der Waals surface area contributed by atoms with Crippen molar-refractivity contribution >= 4 is 5.91 Å². The summed E-state index contributed by atoms with van der Waals surface area (Å²) in [5.74, 6) is -6.40. The number of aliphatic hydroxyl groups is 1. The Morgan fingerprint density at radius 1 is 1.17 bits per heavy atom. The molecule has 106 valence electrons. The second-order valence-corrected chi connectivity index (χ2v) is 4.17. The van der Waals surface area contributed by atoms with Crippen molar-refractivity contribution in [3.8, 4) is 0 Å². The van der Waals surface area contributed by atoms with Gasteiger partial charge in [-0.25, -0.2) is 0 Å². The maximum atomic E-state index is 12.1. The molecule has 1 aliphatic rings. The summed E-state index contributed by atoms with van der Waals surface area (Å²) in [6.45, 7) is -0.605. The van der Waals surface area contributed by atoms with E-state index in [2.05, 4.69) is 0 Å². The largest absolute Gasteiger partial charge is 0.409 e. The van der Waals surface area contributed by atoms with Gasteiger partial charge in [-0.05, 0) is 18.8 Å². The summed E-state index contributed by atoms with van der Waals surface area (Å²) in [7, 11) is 0. The van der Waals surface area contributed by atoms with Gasteiger partial charge in [0.25, 0.3) is 0 Å². The zero-order chi connectivity index (χ0) is 14.1. The van der Waals surface area contributed by atoms with E-state index in [0.717, 1.165) is 0 Å². The van der Waals surface area contributed by atoms with Gasteiger partial charge in [-0.15, -0.1) is 0 Å². The molecule has 0 bridgehead atoms. The number of rotatable bonds is 4. The Labute approximate surface area is 98.2 Å². The topological polar surface area (TPSA) is 49.3 Å². The van der Waals surface area contributed by atoms with Crippen molar-refractivity contribution < 1.29 is 36.2 Å². The van der Waals surface area contributed by atoms with E-state index in [1.807, 2.05) is 0 Å². The molecular formula is C9H11F6NO2. The fourth-order valence-corrected chi connectivity index (χ4v) is 1.44. The third-order valence-electron chi connectivity index (χ3n) is 2.57. The van der Waals surface area contributed by atoms with Crippen molar-refractivity contribution in [2.45, 2.75) is 31.3 Å². The average Bonchev–Trinajstić information content (AvgIpc) is 2.91. The lowest BCUT2D eigenvalue weighted by atomic mass is 10.1. The molecule has 1 atom stereocenters. The molecule has 1 rings (SSSR count). The van der Waals surface area contributed by atoms with Crippen LogP contribution in [-0.2, 0) is 4.79 Å². The SMILES string of the molecule is O=C(NCC(O)C1CC1)C(C(F)(F)F)C(F)(F)F. The zero-order valence-corrected chi connectivity index (χ0v) is 8.98. The van der Waals surface area contributed by atoms with Crippen LogP contribution in [0.4, 0.5) is 26.3 Å². The Morgan fingerprint density at radius 3 is 1.94 bits per heavy atom. The van der Waals surface area contributed by atoms with Crippen LogP contribution in [0.5, 0.6) is 0 Å².